The van der Waals surface area contributed by atoms with Crippen LogP contribution in [0.3, 0.4) is 0 Å². The van der Waals surface area contributed by atoms with Gasteiger partial charge in [0.1, 0.15) is 0 Å². The van der Waals surface area contributed by atoms with Crippen molar-refractivity contribution >= 4 is 45.5 Å². The molecule has 0 bridgehead atoms. The van der Waals surface area contributed by atoms with Gasteiger partial charge >= 0.3 is 0 Å². The maximum absolute atomic E-state index is 6.98. The topological polar surface area (TPSA) is 19.0 Å². The SMILES string of the molecule is CN1c2cc3c(cc2Oc2cc4c(cc21)-c1ccc(N(c2ccccc2)c2ccccc2)cc1C4(C)C)C(C)(C)c1cc(N(c2ccccc2)c2ccccc2)ccc1-3. The average Bonchev–Trinajstić information content (AvgIpc) is 3.62. The van der Waals surface area contributed by atoms with E-state index in [1.165, 1.54) is 44.5 Å². The van der Waals surface area contributed by atoms with Gasteiger partial charge in [-0.3, -0.25) is 0 Å². The van der Waals surface area contributed by atoms with E-state index in [4.69, 9.17) is 4.74 Å². The Morgan fingerprint density at radius 3 is 1.02 bits per heavy atom. The van der Waals surface area contributed by atoms with Gasteiger partial charge in [0, 0.05) is 52.0 Å². The van der Waals surface area contributed by atoms with Crippen LogP contribution in [-0.4, -0.2) is 7.05 Å². The molecule has 4 heteroatoms. The normalized spacial score (nSPS) is 14.6. The van der Waals surface area contributed by atoms with Crippen molar-refractivity contribution < 1.29 is 4.74 Å². The number of anilines is 8. The minimum Gasteiger partial charge on any atom is -0.453 e. The van der Waals surface area contributed by atoms with Crippen LogP contribution in [0.2, 0.25) is 0 Å². The Hall–Kier alpha value is -7.04. The van der Waals surface area contributed by atoms with Gasteiger partial charge in [-0.05, 0) is 142 Å². The van der Waals surface area contributed by atoms with Gasteiger partial charge in [0.2, 0.25) is 0 Å². The maximum atomic E-state index is 6.98. The van der Waals surface area contributed by atoms with Gasteiger partial charge in [-0.15, -0.1) is 0 Å². The van der Waals surface area contributed by atoms with Gasteiger partial charge in [0.25, 0.3) is 0 Å². The summed E-state index contributed by atoms with van der Waals surface area (Å²) in [6, 6.07) is 65.8. The highest BCUT2D eigenvalue weighted by atomic mass is 16.5. The predicted molar refractivity (Wildman–Crippen MR) is 246 cm³/mol. The van der Waals surface area contributed by atoms with Gasteiger partial charge in [-0.1, -0.05) is 113 Å². The zero-order chi connectivity index (χ0) is 40.0. The molecule has 8 aromatic rings. The highest BCUT2D eigenvalue weighted by Gasteiger charge is 2.41. The first kappa shape index (κ1) is 35.1. The number of para-hydroxylation sites is 4. The molecule has 1 heterocycles. The van der Waals surface area contributed by atoms with Gasteiger partial charge < -0.3 is 19.4 Å². The summed E-state index contributed by atoms with van der Waals surface area (Å²) >= 11 is 0. The third kappa shape index (κ3) is 5.36. The molecule has 0 saturated heterocycles. The quantitative estimate of drug-likeness (QED) is 0.168. The fourth-order valence-corrected chi connectivity index (χ4v) is 9.89. The highest BCUT2D eigenvalue weighted by molar-refractivity contribution is 5.94. The average molecular weight is 764 g/mol. The molecule has 8 aromatic carbocycles. The lowest BCUT2D eigenvalue weighted by Crippen LogP contribution is -2.20. The number of rotatable bonds is 6. The zero-order valence-corrected chi connectivity index (χ0v) is 34.1. The molecule has 0 fully saturated rings. The van der Waals surface area contributed by atoms with E-state index >= 15 is 0 Å². The minimum absolute atomic E-state index is 0.233. The summed E-state index contributed by atoms with van der Waals surface area (Å²) in [7, 11) is 2.18. The molecule has 59 heavy (non-hydrogen) atoms. The molecule has 0 N–H and O–H groups in total. The molecule has 0 spiro atoms. The molecular formula is C55H45N3O. The first-order chi connectivity index (χ1) is 28.7. The summed E-state index contributed by atoms with van der Waals surface area (Å²) in [6.45, 7) is 9.39. The van der Waals surface area contributed by atoms with Crippen LogP contribution in [-0.2, 0) is 10.8 Å². The van der Waals surface area contributed by atoms with Crippen molar-refractivity contribution in [2.24, 2.45) is 0 Å². The van der Waals surface area contributed by atoms with E-state index in [2.05, 4.69) is 231 Å². The number of hydrogen-bond donors (Lipinski definition) is 0. The van der Waals surface area contributed by atoms with E-state index in [1.54, 1.807) is 0 Å². The van der Waals surface area contributed by atoms with Crippen molar-refractivity contribution in [3.05, 3.63) is 204 Å². The smallest absolute Gasteiger partial charge is 0.151 e. The molecule has 11 rings (SSSR count). The van der Waals surface area contributed by atoms with Crippen molar-refractivity contribution in [1.82, 2.24) is 0 Å². The summed E-state index contributed by atoms with van der Waals surface area (Å²) in [6.07, 6.45) is 0. The Kier molecular flexibility index (Phi) is 7.74. The van der Waals surface area contributed by atoms with Gasteiger partial charge in [-0.2, -0.15) is 0 Å². The van der Waals surface area contributed by atoms with Gasteiger partial charge in [-0.25, -0.2) is 0 Å². The zero-order valence-electron chi connectivity index (χ0n) is 34.1. The molecule has 0 aromatic heterocycles. The summed E-state index contributed by atoms with van der Waals surface area (Å²) in [4.78, 5) is 7.02. The number of benzene rings is 8. The number of nitrogens with zero attached hydrogens (tertiary/aromatic N) is 3. The first-order valence-electron chi connectivity index (χ1n) is 20.6. The van der Waals surface area contributed by atoms with Crippen molar-refractivity contribution in [1.29, 1.82) is 0 Å². The lowest BCUT2D eigenvalue weighted by molar-refractivity contribution is 0.471. The molecule has 2 aliphatic carbocycles. The van der Waals surface area contributed by atoms with Crippen LogP contribution in [0.15, 0.2) is 182 Å². The molecule has 0 saturated carbocycles. The van der Waals surface area contributed by atoms with Crippen molar-refractivity contribution in [2.75, 3.05) is 21.7 Å². The van der Waals surface area contributed by atoms with Crippen molar-refractivity contribution in [3.63, 3.8) is 0 Å². The fourth-order valence-electron chi connectivity index (χ4n) is 9.89. The van der Waals surface area contributed by atoms with E-state index in [-0.39, 0.29) is 10.8 Å². The largest absolute Gasteiger partial charge is 0.453 e. The number of ether oxygens (including phenoxy) is 1. The molecule has 3 aliphatic rings. The molecule has 0 radical (unpaired) electrons. The van der Waals surface area contributed by atoms with Crippen LogP contribution in [0.25, 0.3) is 22.3 Å². The monoisotopic (exact) mass is 763 g/mol. The van der Waals surface area contributed by atoms with Crippen LogP contribution >= 0.6 is 0 Å². The highest BCUT2D eigenvalue weighted by Crippen LogP contribution is 2.59. The maximum Gasteiger partial charge on any atom is 0.151 e. The molecule has 0 atom stereocenters. The lowest BCUT2D eigenvalue weighted by Gasteiger charge is -2.33. The second kappa shape index (κ2) is 13.0. The summed E-state index contributed by atoms with van der Waals surface area (Å²) < 4.78 is 6.98. The van der Waals surface area contributed by atoms with Crippen LogP contribution in [0.4, 0.5) is 45.5 Å². The van der Waals surface area contributed by atoms with E-state index in [9.17, 15) is 0 Å². The fraction of sp³-hybridized carbons (Fsp3) is 0.127. The molecule has 4 nitrogen and oxygen atoms in total. The second-order valence-electron chi connectivity index (χ2n) is 17.1. The molecular weight excluding hydrogens is 719 g/mol. The van der Waals surface area contributed by atoms with Crippen LogP contribution in [0, 0.1) is 0 Å². The molecule has 1 aliphatic heterocycles. The molecule has 286 valence electrons. The van der Waals surface area contributed by atoms with E-state index < -0.39 is 0 Å². The third-order valence-electron chi connectivity index (χ3n) is 13.0. The van der Waals surface area contributed by atoms with Crippen molar-refractivity contribution in [2.45, 2.75) is 38.5 Å². The van der Waals surface area contributed by atoms with Crippen LogP contribution < -0.4 is 19.4 Å². The Balaban J connectivity index is 0.975. The summed E-state index contributed by atoms with van der Waals surface area (Å²) in [5.41, 5.74) is 18.8. The Morgan fingerprint density at radius 1 is 0.356 bits per heavy atom. The summed E-state index contributed by atoms with van der Waals surface area (Å²) in [5, 5.41) is 0. The van der Waals surface area contributed by atoms with E-state index in [0.29, 0.717) is 0 Å². The minimum atomic E-state index is -0.233. The van der Waals surface area contributed by atoms with Gasteiger partial charge in [0.15, 0.2) is 11.5 Å². The third-order valence-corrected chi connectivity index (χ3v) is 13.0. The van der Waals surface area contributed by atoms with E-state index in [1.807, 2.05) is 0 Å². The van der Waals surface area contributed by atoms with Crippen LogP contribution in [0.1, 0.15) is 49.9 Å². The summed E-state index contributed by atoms with van der Waals surface area (Å²) in [5.74, 6) is 1.79. The predicted octanol–water partition coefficient (Wildman–Crippen LogP) is 15.1. The molecule has 0 amide bonds. The second-order valence-corrected chi connectivity index (χ2v) is 17.1. The Labute approximate surface area is 347 Å². The van der Waals surface area contributed by atoms with Gasteiger partial charge in [0.05, 0.1) is 11.4 Å². The Bertz CT molecular complexity index is 2640. The lowest BCUT2D eigenvalue weighted by atomic mass is 9.81. The van der Waals surface area contributed by atoms with Crippen LogP contribution in [0.5, 0.6) is 11.5 Å². The molecule has 0 unspecified atom stereocenters. The van der Waals surface area contributed by atoms with E-state index in [0.717, 1.165) is 57.0 Å². The number of fused-ring (bicyclic) bond motifs is 8. The Morgan fingerprint density at radius 2 is 0.678 bits per heavy atom. The standard InChI is InChI=1S/C55H45N3O/c1-54(2)46-30-40(57(36-18-10-6-11-19-36)37-20-12-7-13-21-37)26-28-42(46)44-32-50-52(34-48(44)54)59-53-35-49-45(33-51(53)56(50)5)43-29-27-41(31-47(43)55(49,3)4)58(38-22-14-8-15-23-38)39-24-16-9-17-25-39/h6-35H,1-5H3. The first-order valence-corrected chi connectivity index (χ1v) is 20.6. The number of hydrogen-bond acceptors (Lipinski definition) is 4. The van der Waals surface area contributed by atoms with Crippen molar-refractivity contribution in [3.8, 4) is 33.8 Å².